The van der Waals surface area contributed by atoms with Gasteiger partial charge in [0.1, 0.15) is 11.6 Å². The molecule has 6 heteroatoms. The summed E-state index contributed by atoms with van der Waals surface area (Å²) in [5.74, 6) is 1.56. The molecule has 0 N–H and O–H groups in total. The Morgan fingerprint density at radius 3 is 2.33 bits per heavy atom. The van der Waals surface area contributed by atoms with E-state index in [1.165, 1.54) is 30.5 Å². The molecule has 0 spiro atoms. The van der Waals surface area contributed by atoms with E-state index >= 15 is 0 Å². The fourth-order valence-corrected chi connectivity index (χ4v) is 4.25. The molecule has 1 aliphatic rings. The molecule has 4 nitrogen and oxygen atoms in total. The molecule has 140 valence electrons. The van der Waals surface area contributed by atoms with Gasteiger partial charge in [-0.15, -0.1) is 10.2 Å². The number of hydrogen-bond donors (Lipinski definition) is 0. The number of likely N-dealkylation sites (tertiary alicyclic amines) is 1. The highest BCUT2D eigenvalue weighted by Crippen LogP contribution is 2.24. The topological polar surface area (TPSA) is 34.0 Å². The summed E-state index contributed by atoms with van der Waals surface area (Å²) in [6, 6.07) is 17.1. The van der Waals surface area contributed by atoms with Crippen molar-refractivity contribution in [1.29, 1.82) is 0 Å². The van der Waals surface area contributed by atoms with Crippen LogP contribution in [-0.2, 0) is 18.8 Å². The molecular formula is C21H23FN4S. The molecule has 0 saturated carbocycles. The first-order valence-electron chi connectivity index (χ1n) is 9.33. The molecule has 0 unspecified atom stereocenters. The Morgan fingerprint density at radius 1 is 0.852 bits per heavy atom. The second kappa shape index (κ2) is 8.67. The van der Waals surface area contributed by atoms with E-state index in [-0.39, 0.29) is 5.82 Å². The predicted octanol–water partition coefficient (Wildman–Crippen LogP) is 4.35. The highest BCUT2D eigenvalue weighted by molar-refractivity contribution is 7.98. The van der Waals surface area contributed by atoms with Crippen molar-refractivity contribution in [2.75, 3.05) is 13.1 Å². The van der Waals surface area contributed by atoms with Crippen LogP contribution in [0.25, 0.3) is 0 Å². The highest BCUT2D eigenvalue weighted by Gasteiger charge is 2.18. The lowest BCUT2D eigenvalue weighted by molar-refractivity contribution is 0.316. The maximum Gasteiger partial charge on any atom is 0.191 e. The Bertz CT molecular complexity index is 858. The summed E-state index contributed by atoms with van der Waals surface area (Å²) >= 11 is 1.65. The van der Waals surface area contributed by atoms with Crippen LogP contribution in [0.4, 0.5) is 4.39 Å². The number of aromatic nitrogens is 3. The van der Waals surface area contributed by atoms with Crippen molar-refractivity contribution in [1.82, 2.24) is 19.7 Å². The van der Waals surface area contributed by atoms with Gasteiger partial charge in [0, 0.05) is 5.75 Å². The molecule has 27 heavy (non-hydrogen) atoms. The smallest absolute Gasteiger partial charge is 0.191 e. The maximum atomic E-state index is 13.1. The Kier molecular flexibility index (Phi) is 5.84. The fourth-order valence-electron chi connectivity index (χ4n) is 3.34. The average Bonchev–Trinajstić information content (AvgIpc) is 3.34. The summed E-state index contributed by atoms with van der Waals surface area (Å²) in [4.78, 5) is 2.44. The SMILES string of the molecule is Fc1ccc(CSc2nnc(CN3CCCC3)n2Cc2ccccc2)cc1. The van der Waals surface area contributed by atoms with Crippen LogP contribution in [0.3, 0.4) is 0 Å². The lowest BCUT2D eigenvalue weighted by Crippen LogP contribution is -2.21. The van der Waals surface area contributed by atoms with E-state index in [1.54, 1.807) is 11.8 Å². The fraction of sp³-hybridized carbons (Fsp3) is 0.333. The molecule has 2 heterocycles. The van der Waals surface area contributed by atoms with Gasteiger partial charge in [0.2, 0.25) is 0 Å². The summed E-state index contributed by atoms with van der Waals surface area (Å²) in [5.41, 5.74) is 2.32. The van der Waals surface area contributed by atoms with Gasteiger partial charge >= 0.3 is 0 Å². The Hall–Kier alpha value is -2.18. The van der Waals surface area contributed by atoms with Crippen molar-refractivity contribution in [2.24, 2.45) is 0 Å². The Labute approximate surface area is 163 Å². The molecule has 4 rings (SSSR count). The lowest BCUT2D eigenvalue weighted by atomic mass is 10.2. The van der Waals surface area contributed by atoms with Crippen molar-refractivity contribution >= 4 is 11.8 Å². The van der Waals surface area contributed by atoms with Crippen LogP contribution in [0.2, 0.25) is 0 Å². The zero-order chi connectivity index (χ0) is 18.5. The third kappa shape index (κ3) is 4.76. The third-order valence-electron chi connectivity index (χ3n) is 4.82. The number of thioether (sulfide) groups is 1. The molecule has 2 aromatic carbocycles. The molecule has 0 aliphatic carbocycles. The molecule has 1 aromatic heterocycles. The van der Waals surface area contributed by atoms with E-state index in [0.29, 0.717) is 0 Å². The molecule has 0 amide bonds. The van der Waals surface area contributed by atoms with E-state index < -0.39 is 0 Å². The Balaban J connectivity index is 1.53. The number of rotatable bonds is 7. The van der Waals surface area contributed by atoms with Crippen LogP contribution >= 0.6 is 11.8 Å². The highest BCUT2D eigenvalue weighted by atomic mass is 32.2. The van der Waals surface area contributed by atoms with Gasteiger partial charge < -0.3 is 4.57 Å². The van der Waals surface area contributed by atoms with E-state index in [0.717, 1.165) is 48.5 Å². The average molecular weight is 383 g/mol. The third-order valence-corrected chi connectivity index (χ3v) is 5.86. The first kappa shape index (κ1) is 18.2. The minimum absolute atomic E-state index is 0.205. The van der Waals surface area contributed by atoms with Crippen molar-refractivity contribution < 1.29 is 4.39 Å². The quantitative estimate of drug-likeness (QED) is 0.569. The normalized spacial score (nSPS) is 14.7. The van der Waals surface area contributed by atoms with Crippen LogP contribution in [0.1, 0.15) is 29.8 Å². The molecule has 1 fully saturated rings. The summed E-state index contributed by atoms with van der Waals surface area (Å²) in [5, 5.41) is 9.87. The molecule has 0 radical (unpaired) electrons. The summed E-state index contributed by atoms with van der Waals surface area (Å²) in [6.07, 6.45) is 2.53. The molecule has 1 aliphatic heterocycles. The monoisotopic (exact) mass is 382 g/mol. The second-order valence-electron chi connectivity index (χ2n) is 6.87. The summed E-state index contributed by atoms with van der Waals surface area (Å²) in [7, 11) is 0. The maximum absolute atomic E-state index is 13.1. The summed E-state index contributed by atoms with van der Waals surface area (Å²) in [6.45, 7) is 3.88. The Morgan fingerprint density at radius 2 is 1.59 bits per heavy atom. The second-order valence-corrected chi connectivity index (χ2v) is 7.81. The van der Waals surface area contributed by atoms with E-state index in [1.807, 2.05) is 18.2 Å². The molecule has 0 bridgehead atoms. The lowest BCUT2D eigenvalue weighted by Gasteiger charge is -2.16. The first-order valence-corrected chi connectivity index (χ1v) is 10.3. The molecule has 1 saturated heterocycles. The summed E-state index contributed by atoms with van der Waals surface area (Å²) < 4.78 is 15.3. The van der Waals surface area contributed by atoms with Gasteiger partial charge in [-0.05, 0) is 49.2 Å². The first-order chi connectivity index (χ1) is 13.3. The van der Waals surface area contributed by atoms with Gasteiger partial charge in [-0.1, -0.05) is 54.2 Å². The van der Waals surface area contributed by atoms with Crippen molar-refractivity contribution in [3.05, 3.63) is 77.4 Å². The van der Waals surface area contributed by atoms with E-state index in [4.69, 9.17) is 0 Å². The zero-order valence-corrected chi connectivity index (χ0v) is 16.0. The van der Waals surface area contributed by atoms with Gasteiger partial charge in [-0.3, -0.25) is 4.90 Å². The van der Waals surface area contributed by atoms with Crippen LogP contribution in [0, 0.1) is 5.82 Å². The van der Waals surface area contributed by atoms with E-state index in [2.05, 4.69) is 43.9 Å². The van der Waals surface area contributed by atoms with Gasteiger partial charge in [-0.2, -0.15) is 0 Å². The van der Waals surface area contributed by atoms with Crippen molar-refractivity contribution in [3.63, 3.8) is 0 Å². The molecular weight excluding hydrogens is 359 g/mol. The number of hydrogen-bond acceptors (Lipinski definition) is 4. The van der Waals surface area contributed by atoms with Gasteiger partial charge in [0.25, 0.3) is 0 Å². The number of nitrogens with zero attached hydrogens (tertiary/aromatic N) is 4. The predicted molar refractivity (Wildman–Crippen MR) is 106 cm³/mol. The zero-order valence-electron chi connectivity index (χ0n) is 15.2. The largest absolute Gasteiger partial charge is 0.300 e. The van der Waals surface area contributed by atoms with Gasteiger partial charge in [-0.25, -0.2) is 4.39 Å². The van der Waals surface area contributed by atoms with Gasteiger partial charge in [0.15, 0.2) is 5.16 Å². The van der Waals surface area contributed by atoms with Crippen molar-refractivity contribution in [3.8, 4) is 0 Å². The van der Waals surface area contributed by atoms with Crippen LogP contribution < -0.4 is 0 Å². The van der Waals surface area contributed by atoms with Crippen LogP contribution in [0.5, 0.6) is 0 Å². The molecule has 0 atom stereocenters. The van der Waals surface area contributed by atoms with Gasteiger partial charge in [0.05, 0.1) is 13.1 Å². The minimum Gasteiger partial charge on any atom is -0.300 e. The number of halogens is 1. The minimum atomic E-state index is -0.205. The van der Waals surface area contributed by atoms with Crippen molar-refractivity contribution in [2.45, 2.75) is 36.8 Å². The molecule has 3 aromatic rings. The van der Waals surface area contributed by atoms with Crippen LogP contribution in [-0.4, -0.2) is 32.8 Å². The number of benzene rings is 2. The standard InChI is InChI=1S/C21H23FN4S/c22-19-10-8-18(9-11-19)16-27-21-24-23-20(15-25-12-4-5-13-25)26(21)14-17-6-2-1-3-7-17/h1-3,6-11H,4-5,12-16H2. The van der Waals surface area contributed by atoms with Crippen LogP contribution in [0.15, 0.2) is 59.8 Å². The van der Waals surface area contributed by atoms with E-state index in [9.17, 15) is 4.39 Å².